The number of halogens is 2. The van der Waals surface area contributed by atoms with Gasteiger partial charge in [-0.05, 0) is 18.8 Å². The van der Waals surface area contributed by atoms with Crippen LogP contribution in [0.15, 0.2) is 6.07 Å². The Labute approximate surface area is 128 Å². The molecular formula is C15H21F2N3O2. The summed E-state index contributed by atoms with van der Waals surface area (Å²) in [4.78, 5) is 12.2. The maximum absolute atomic E-state index is 13.3. The highest BCUT2D eigenvalue weighted by Gasteiger charge is 2.33. The minimum absolute atomic E-state index is 0.147. The number of aryl methyl sites for hydroxylation is 1. The van der Waals surface area contributed by atoms with Crippen LogP contribution in [-0.4, -0.2) is 34.8 Å². The molecule has 0 bridgehead atoms. The van der Waals surface area contributed by atoms with Gasteiger partial charge < -0.3 is 10.1 Å². The highest BCUT2D eigenvalue weighted by atomic mass is 19.3. The lowest BCUT2D eigenvalue weighted by Gasteiger charge is -2.30. The van der Waals surface area contributed by atoms with E-state index in [1.165, 1.54) is 6.07 Å². The molecule has 1 atom stereocenters. The Kier molecular flexibility index (Phi) is 4.59. The monoisotopic (exact) mass is 313 g/mol. The number of amides is 1. The molecule has 0 aromatic carbocycles. The summed E-state index contributed by atoms with van der Waals surface area (Å²) in [7, 11) is 0. The normalized spacial score (nSPS) is 20.3. The molecule has 1 N–H and O–H groups in total. The summed E-state index contributed by atoms with van der Waals surface area (Å²) in [5, 5.41) is 6.63. The van der Waals surface area contributed by atoms with Gasteiger partial charge >= 0.3 is 0 Å². The molecule has 0 radical (unpaired) electrons. The maximum Gasteiger partial charge on any atom is 0.272 e. The summed E-state index contributed by atoms with van der Waals surface area (Å²) in [5.41, 5.74) is 0.151. The number of hydrogen-bond donors (Lipinski definition) is 1. The molecule has 1 aliphatic carbocycles. The lowest BCUT2D eigenvalue weighted by Crippen LogP contribution is -2.46. The second kappa shape index (κ2) is 6.62. The van der Waals surface area contributed by atoms with Gasteiger partial charge in [0, 0.05) is 19.0 Å². The standard InChI is InChI=1S/C15H21F2N3O2/c16-14(17)13(10-5-2-1-3-6-10)18-15(21)11-9-12-20(19-11)7-4-8-22-12/h9-10,13-14H,1-8H2,(H,18,21). The average Bonchev–Trinajstić information content (AvgIpc) is 2.97. The van der Waals surface area contributed by atoms with E-state index < -0.39 is 18.4 Å². The second-order valence-corrected chi connectivity index (χ2v) is 6.02. The summed E-state index contributed by atoms with van der Waals surface area (Å²) in [6.07, 6.45) is 2.77. The van der Waals surface area contributed by atoms with E-state index >= 15 is 0 Å². The van der Waals surface area contributed by atoms with Crippen LogP contribution in [0.4, 0.5) is 8.78 Å². The molecule has 7 heteroatoms. The van der Waals surface area contributed by atoms with Gasteiger partial charge in [0.25, 0.3) is 12.3 Å². The minimum atomic E-state index is -2.56. The first-order chi connectivity index (χ1) is 10.6. The molecule has 0 saturated heterocycles. The first-order valence-corrected chi connectivity index (χ1v) is 7.95. The molecule has 1 aromatic heterocycles. The molecule has 1 saturated carbocycles. The number of carbonyl (C=O) groups is 1. The number of alkyl halides is 2. The SMILES string of the molecule is O=C(NC(C(F)F)C1CCCCC1)c1cc2n(n1)CCCO2. The summed E-state index contributed by atoms with van der Waals surface area (Å²) in [6, 6.07) is 0.435. The van der Waals surface area contributed by atoms with Crippen LogP contribution >= 0.6 is 0 Å². The van der Waals surface area contributed by atoms with Gasteiger partial charge in [-0.3, -0.25) is 4.79 Å². The number of aromatic nitrogens is 2. The summed E-state index contributed by atoms with van der Waals surface area (Å²) >= 11 is 0. The van der Waals surface area contributed by atoms with Crippen LogP contribution in [0.5, 0.6) is 5.88 Å². The van der Waals surface area contributed by atoms with Crippen molar-refractivity contribution in [3.63, 3.8) is 0 Å². The maximum atomic E-state index is 13.3. The summed E-state index contributed by atoms with van der Waals surface area (Å²) in [6.45, 7) is 1.28. The third kappa shape index (κ3) is 3.23. The molecule has 0 spiro atoms. The Morgan fingerprint density at radius 3 is 2.77 bits per heavy atom. The lowest BCUT2D eigenvalue weighted by atomic mass is 9.84. The van der Waals surface area contributed by atoms with Crippen molar-refractivity contribution < 1.29 is 18.3 Å². The van der Waals surface area contributed by atoms with Crippen molar-refractivity contribution in [1.82, 2.24) is 15.1 Å². The van der Waals surface area contributed by atoms with Crippen molar-refractivity contribution in [3.8, 4) is 5.88 Å². The third-order valence-corrected chi connectivity index (χ3v) is 4.47. The zero-order valence-corrected chi connectivity index (χ0v) is 12.4. The first-order valence-electron chi connectivity index (χ1n) is 7.95. The molecule has 2 heterocycles. The smallest absolute Gasteiger partial charge is 0.272 e. The fourth-order valence-corrected chi connectivity index (χ4v) is 3.28. The molecule has 5 nitrogen and oxygen atoms in total. The van der Waals surface area contributed by atoms with Crippen LogP contribution in [0.2, 0.25) is 0 Å². The molecule has 2 aliphatic rings. The van der Waals surface area contributed by atoms with E-state index in [0.717, 1.165) is 38.5 Å². The van der Waals surface area contributed by atoms with Crippen LogP contribution in [0.1, 0.15) is 49.0 Å². The fourth-order valence-electron chi connectivity index (χ4n) is 3.28. The van der Waals surface area contributed by atoms with Crippen molar-refractivity contribution in [1.29, 1.82) is 0 Å². The number of hydrogen-bond acceptors (Lipinski definition) is 3. The Morgan fingerprint density at radius 2 is 2.09 bits per heavy atom. The second-order valence-electron chi connectivity index (χ2n) is 6.02. The van der Waals surface area contributed by atoms with Gasteiger partial charge in [0.15, 0.2) is 5.69 Å². The molecule has 1 unspecified atom stereocenters. The van der Waals surface area contributed by atoms with Crippen LogP contribution in [0, 0.1) is 5.92 Å². The highest BCUT2D eigenvalue weighted by molar-refractivity contribution is 5.92. The van der Waals surface area contributed by atoms with Crippen LogP contribution in [0.25, 0.3) is 0 Å². The number of rotatable bonds is 4. The lowest BCUT2D eigenvalue weighted by molar-refractivity contribution is 0.0498. The Balaban J connectivity index is 1.69. The number of nitrogens with one attached hydrogen (secondary N) is 1. The topological polar surface area (TPSA) is 56.2 Å². The van der Waals surface area contributed by atoms with Gasteiger partial charge in [-0.25, -0.2) is 13.5 Å². The predicted molar refractivity (Wildman–Crippen MR) is 76.2 cm³/mol. The number of ether oxygens (including phenoxy) is 1. The van der Waals surface area contributed by atoms with E-state index in [-0.39, 0.29) is 11.6 Å². The molecular weight excluding hydrogens is 292 g/mol. The van der Waals surface area contributed by atoms with Crippen LogP contribution in [-0.2, 0) is 6.54 Å². The summed E-state index contributed by atoms with van der Waals surface area (Å²) < 4.78 is 33.6. The molecule has 3 rings (SSSR count). The van der Waals surface area contributed by atoms with E-state index in [4.69, 9.17) is 4.74 Å². The number of fused-ring (bicyclic) bond motifs is 1. The van der Waals surface area contributed by atoms with Gasteiger partial charge in [0.2, 0.25) is 5.88 Å². The van der Waals surface area contributed by atoms with E-state index in [2.05, 4.69) is 10.4 Å². The zero-order chi connectivity index (χ0) is 15.5. The largest absolute Gasteiger partial charge is 0.478 e. The van der Waals surface area contributed by atoms with Gasteiger partial charge in [-0.1, -0.05) is 19.3 Å². The zero-order valence-electron chi connectivity index (χ0n) is 12.4. The molecule has 1 fully saturated rings. The van der Waals surface area contributed by atoms with E-state index in [9.17, 15) is 13.6 Å². The average molecular weight is 313 g/mol. The van der Waals surface area contributed by atoms with Crippen LogP contribution in [0.3, 0.4) is 0 Å². The third-order valence-electron chi connectivity index (χ3n) is 4.47. The van der Waals surface area contributed by atoms with E-state index in [0.29, 0.717) is 19.0 Å². The van der Waals surface area contributed by atoms with E-state index in [1.54, 1.807) is 4.68 Å². The number of nitrogens with zero attached hydrogens (tertiary/aromatic N) is 2. The Bertz CT molecular complexity index is 503. The van der Waals surface area contributed by atoms with Crippen LogP contribution < -0.4 is 10.1 Å². The quantitative estimate of drug-likeness (QED) is 0.929. The van der Waals surface area contributed by atoms with Crippen molar-refractivity contribution in [2.24, 2.45) is 5.92 Å². The molecule has 1 aromatic rings. The molecule has 22 heavy (non-hydrogen) atoms. The minimum Gasteiger partial charge on any atom is -0.478 e. The number of carbonyl (C=O) groups excluding carboxylic acids is 1. The summed E-state index contributed by atoms with van der Waals surface area (Å²) in [5.74, 6) is -0.157. The van der Waals surface area contributed by atoms with Crippen molar-refractivity contribution in [3.05, 3.63) is 11.8 Å². The van der Waals surface area contributed by atoms with Crippen molar-refractivity contribution in [2.45, 2.75) is 57.5 Å². The Morgan fingerprint density at radius 1 is 1.32 bits per heavy atom. The first kappa shape index (κ1) is 15.2. The van der Waals surface area contributed by atoms with Gasteiger partial charge in [0.1, 0.15) is 0 Å². The predicted octanol–water partition coefficient (Wildman–Crippen LogP) is 2.61. The molecule has 1 aliphatic heterocycles. The molecule has 1 amide bonds. The Hall–Kier alpha value is -1.66. The fraction of sp³-hybridized carbons (Fsp3) is 0.733. The van der Waals surface area contributed by atoms with E-state index in [1.807, 2.05) is 0 Å². The van der Waals surface area contributed by atoms with Gasteiger partial charge in [0.05, 0.1) is 12.6 Å². The van der Waals surface area contributed by atoms with Gasteiger partial charge in [-0.15, -0.1) is 0 Å². The highest BCUT2D eigenvalue weighted by Crippen LogP contribution is 2.29. The molecule has 122 valence electrons. The van der Waals surface area contributed by atoms with Gasteiger partial charge in [-0.2, -0.15) is 5.10 Å². The van der Waals surface area contributed by atoms with Crippen molar-refractivity contribution in [2.75, 3.05) is 6.61 Å². The van der Waals surface area contributed by atoms with Crippen molar-refractivity contribution >= 4 is 5.91 Å².